The Labute approximate surface area is 136 Å². The molecule has 3 N–H and O–H groups in total. The monoisotopic (exact) mass is 331 g/mol. The quantitative estimate of drug-likeness (QED) is 0.640. The van der Waals surface area contributed by atoms with Gasteiger partial charge in [-0.05, 0) is 29.8 Å². The van der Waals surface area contributed by atoms with E-state index < -0.39 is 11.2 Å². The van der Waals surface area contributed by atoms with Crippen LogP contribution < -0.4 is 10.7 Å². The molecular formula is C17H14ClNO4. The number of phenolic OH excluding ortho intramolecular Hbond substituents is 2. The van der Waals surface area contributed by atoms with Crippen molar-refractivity contribution < 1.29 is 14.6 Å². The summed E-state index contributed by atoms with van der Waals surface area (Å²) in [4.78, 5) is 12.1. The van der Waals surface area contributed by atoms with Gasteiger partial charge in [0.25, 0.3) is 0 Å². The molecule has 3 aromatic rings. The van der Waals surface area contributed by atoms with Crippen LogP contribution in [0.1, 0.15) is 11.3 Å². The number of rotatable bonds is 4. The third kappa shape index (κ3) is 3.31. The van der Waals surface area contributed by atoms with E-state index in [9.17, 15) is 15.0 Å². The molecule has 0 atom stereocenters. The van der Waals surface area contributed by atoms with Crippen LogP contribution in [0.5, 0.6) is 11.5 Å². The average Bonchev–Trinajstić information content (AvgIpc) is 2.51. The summed E-state index contributed by atoms with van der Waals surface area (Å²) < 4.78 is 5.58. The van der Waals surface area contributed by atoms with Gasteiger partial charge < -0.3 is 19.9 Å². The summed E-state index contributed by atoms with van der Waals surface area (Å²) in [6, 6.07) is 11.5. The van der Waals surface area contributed by atoms with Gasteiger partial charge in [0, 0.05) is 17.6 Å². The Hall–Kier alpha value is -2.50. The molecule has 0 amide bonds. The number of halogens is 1. The number of phenols is 2. The van der Waals surface area contributed by atoms with Gasteiger partial charge in [-0.25, -0.2) is 0 Å². The molecule has 3 rings (SSSR count). The Balaban J connectivity index is 1.79. The molecule has 0 saturated heterocycles. The lowest BCUT2D eigenvalue weighted by Gasteiger charge is -2.07. The molecular weight excluding hydrogens is 318 g/mol. The van der Waals surface area contributed by atoms with E-state index in [1.807, 2.05) is 18.2 Å². The highest BCUT2D eigenvalue weighted by molar-refractivity contribution is 6.30. The van der Waals surface area contributed by atoms with E-state index in [0.29, 0.717) is 23.9 Å². The molecule has 0 fully saturated rings. The molecule has 0 radical (unpaired) electrons. The van der Waals surface area contributed by atoms with Crippen molar-refractivity contribution in [2.45, 2.75) is 13.1 Å². The van der Waals surface area contributed by atoms with Crippen LogP contribution in [0.2, 0.25) is 5.02 Å². The second kappa shape index (κ2) is 6.32. The fourth-order valence-electron chi connectivity index (χ4n) is 2.34. The van der Waals surface area contributed by atoms with Crippen molar-refractivity contribution >= 4 is 22.6 Å². The first-order chi connectivity index (χ1) is 11.0. The standard InChI is InChI=1S/C17H14ClNO4/c18-11-3-1-2-10(6-11)8-19-9-12-7-14(21)16-15(23-12)5-4-13(20)17(16)22/h1-7,19-20,22H,8-9H2. The van der Waals surface area contributed by atoms with E-state index in [2.05, 4.69) is 5.32 Å². The van der Waals surface area contributed by atoms with Crippen molar-refractivity contribution in [3.63, 3.8) is 0 Å². The van der Waals surface area contributed by atoms with Crippen molar-refractivity contribution in [1.29, 1.82) is 0 Å². The zero-order valence-electron chi connectivity index (χ0n) is 12.0. The van der Waals surface area contributed by atoms with Crippen LogP contribution in [0.25, 0.3) is 11.0 Å². The maximum atomic E-state index is 12.1. The number of benzene rings is 2. The zero-order chi connectivity index (χ0) is 16.4. The maximum absolute atomic E-state index is 12.1. The van der Waals surface area contributed by atoms with Crippen LogP contribution in [0.4, 0.5) is 0 Å². The third-order valence-electron chi connectivity index (χ3n) is 3.42. The van der Waals surface area contributed by atoms with Gasteiger partial charge in [0.05, 0.1) is 6.54 Å². The number of hydrogen-bond donors (Lipinski definition) is 3. The van der Waals surface area contributed by atoms with Crippen molar-refractivity contribution in [3.05, 3.63) is 69.0 Å². The molecule has 118 valence electrons. The fraction of sp³-hybridized carbons (Fsp3) is 0.118. The van der Waals surface area contributed by atoms with E-state index in [1.165, 1.54) is 18.2 Å². The number of fused-ring (bicyclic) bond motifs is 1. The lowest BCUT2D eigenvalue weighted by molar-refractivity contribution is 0.406. The van der Waals surface area contributed by atoms with E-state index in [4.69, 9.17) is 16.0 Å². The minimum Gasteiger partial charge on any atom is -0.504 e. The number of aromatic hydroxyl groups is 2. The lowest BCUT2D eigenvalue weighted by Crippen LogP contribution is -2.14. The molecule has 2 aromatic carbocycles. The second-order valence-corrected chi connectivity index (χ2v) is 5.55. The molecule has 0 spiro atoms. The minimum absolute atomic E-state index is 0.0245. The topological polar surface area (TPSA) is 82.7 Å². The van der Waals surface area contributed by atoms with Crippen LogP contribution in [-0.4, -0.2) is 10.2 Å². The van der Waals surface area contributed by atoms with Crippen molar-refractivity contribution in [3.8, 4) is 11.5 Å². The largest absolute Gasteiger partial charge is 0.504 e. The highest BCUT2D eigenvalue weighted by Crippen LogP contribution is 2.31. The van der Waals surface area contributed by atoms with Gasteiger partial charge in [-0.15, -0.1) is 0 Å². The van der Waals surface area contributed by atoms with Gasteiger partial charge in [0.15, 0.2) is 16.9 Å². The van der Waals surface area contributed by atoms with Crippen LogP contribution >= 0.6 is 11.6 Å². The van der Waals surface area contributed by atoms with E-state index in [1.54, 1.807) is 6.07 Å². The van der Waals surface area contributed by atoms with Gasteiger partial charge in [0.1, 0.15) is 16.7 Å². The summed E-state index contributed by atoms with van der Waals surface area (Å²) in [5.74, 6) is -0.374. The molecule has 0 unspecified atom stereocenters. The van der Waals surface area contributed by atoms with Crippen molar-refractivity contribution in [1.82, 2.24) is 5.32 Å². The minimum atomic E-state index is -0.463. The Morgan fingerprint density at radius 1 is 1.09 bits per heavy atom. The predicted molar refractivity (Wildman–Crippen MR) is 87.8 cm³/mol. The Bertz CT molecular complexity index is 920. The first kappa shape index (κ1) is 15.4. The number of nitrogens with one attached hydrogen (secondary N) is 1. The molecule has 23 heavy (non-hydrogen) atoms. The van der Waals surface area contributed by atoms with Crippen LogP contribution in [0, 0.1) is 0 Å². The summed E-state index contributed by atoms with van der Waals surface area (Å²) >= 11 is 5.92. The molecule has 1 heterocycles. The smallest absolute Gasteiger partial charge is 0.196 e. The van der Waals surface area contributed by atoms with Gasteiger partial charge in [-0.2, -0.15) is 0 Å². The van der Waals surface area contributed by atoms with E-state index in [0.717, 1.165) is 5.56 Å². The Morgan fingerprint density at radius 3 is 2.70 bits per heavy atom. The van der Waals surface area contributed by atoms with Crippen LogP contribution in [-0.2, 0) is 13.1 Å². The van der Waals surface area contributed by atoms with Gasteiger partial charge in [0.2, 0.25) is 0 Å². The van der Waals surface area contributed by atoms with Gasteiger partial charge in [-0.3, -0.25) is 4.79 Å². The molecule has 0 saturated carbocycles. The highest BCUT2D eigenvalue weighted by atomic mass is 35.5. The van der Waals surface area contributed by atoms with Crippen LogP contribution in [0.15, 0.2) is 51.7 Å². The maximum Gasteiger partial charge on any atom is 0.196 e. The molecule has 0 aliphatic heterocycles. The molecule has 0 aliphatic rings. The highest BCUT2D eigenvalue weighted by Gasteiger charge is 2.12. The van der Waals surface area contributed by atoms with Gasteiger partial charge >= 0.3 is 0 Å². The molecule has 0 bridgehead atoms. The van der Waals surface area contributed by atoms with Crippen molar-refractivity contribution in [2.75, 3.05) is 0 Å². The molecule has 0 aliphatic carbocycles. The normalized spacial score (nSPS) is 11.0. The first-order valence-corrected chi connectivity index (χ1v) is 7.35. The summed E-state index contributed by atoms with van der Waals surface area (Å²) in [5.41, 5.74) is 0.842. The molecule has 1 aromatic heterocycles. The van der Waals surface area contributed by atoms with Gasteiger partial charge in [-0.1, -0.05) is 23.7 Å². The number of hydrogen-bond acceptors (Lipinski definition) is 5. The second-order valence-electron chi connectivity index (χ2n) is 5.12. The predicted octanol–water partition coefficient (Wildman–Crippen LogP) is 3.15. The van der Waals surface area contributed by atoms with Crippen LogP contribution in [0.3, 0.4) is 0 Å². The lowest BCUT2D eigenvalue weighted by atomic mass is 10.2. The summed E-state index contributed by atoms with van der Waals surface area (Å²) in [7, 11) is 0. The average molecular weight is 332 g/mol. The molecule has 5 nitrogen and oxygen atoms in total. The summed E-state index contributed by atoms with van der Waals surface area (Å²) in [5, 5.41) is 23.0. The SMILES string of the molecule is O=c1cc(CNCc2cccc(Cl)c2)oc2ccc(O)c(O)c12. The molecule has 6 heteroatoms. The zero-order valence-corrected chi connectivity index (χ0v) is 12.8. The summed E-state index contributed by atoms with van der Waals surface area (Å²) in [6.45, 7) is 0.919. The van der Waals surface area contributed by atoms with E-state index >= 15 is 0 Å². The third-order valence-corrected chi connectivity index (χ3v) is 3.65. The fourth-order valence-corrected chi connectivity index (χ4v) is 2.55. The van der Waals surface area contributed by atoms with E-state index in [-0.39, 0.29) is 16.7 Å². The summed E-state index contributed by atoms with van der Waals surface area (Å²) in [6.07, 6.45) is 0. The first-order valence-electron chi connectivity index (χ1n) is 6.97. The Kier molecular flexibility index (Phi) is 4.23. The Morgan fingerprint density at radius 2 is 1.91 bits per heavy atom. The van der Waals surface area contributed by atoms with Crippen molar-refractivity contribution in [2.24, 2.45) is 0 Å².